The van der Waals surface area contributed by atoms with E-state index in [0.29, 0.717) is 0 Å². The molecule has 0 heterocycles. The summed E-state index contributed by atoms with van der Waals surface area (Å²) in [5.41, 5.74) is -0.596. The summed E-state index contributed by atoms with van der Waals surface area (Å²) in [6.07, 6.45) is -2.87. The van der Waals surface area contributed by atoms with Gasteiger partial charge >= 0.3 is 0 Å². The van der Waals surface area contributed by atoms with Crippen LogP contribution in [-0.4, -0.2) is 11.8 Å². The molecule has 1 amide bonds. The molecule has 2 nitrogen and oxygen atoms in total. The molecule has 1 aromatic carbocycles. The summed E-state index contributed by atoms with van der Waals surface area (Å²) in [5.74, 6) is -1.86. The normalized spacial score (nSPS) is 10.5. The third-order valence-electron chi connectivity index (χ3n) is 1.64. The number of amides is 1. The van der Waals surface area contributed by atoms with Crippen LogP contribution < -0.4 is 5.32 Å². The number of anilines is 1. The molecule has 1 N–H and O–H groups in total. The summed E-state index contributed by atoms with van der Waals surface area (Å²) in [4.78, 5) is 10.8. The minimum atomic E-state index is -2.87. The zero-order chi connectivity index (χ0) is 11.4. The molecule has 0 atom stereocenters. The van der Waals surface area contributed by atoms with Gasteiger partial charge in [-0.1, -0.05) is 0 Å². The van der Waals surface area contributed by atoms with Crippen molar-refractivity contribution in [3.8, 4) is 0 Å². The molecule has 0 aliphatic carbocycles. The van der Waals surface area contributed by atoms with Gasteiger partial charge in [0.05, 0.1) is 5.56 Å². The first kappa shape index (κ1) is 11.8. The molecule has 1 rings (SSSR count). The standard InChI is InChI=1S/C9H7ClF3NO/c10-4-8(15)14-5-1-2-6(9(12)13)7(11)3-5/h1-3,9H,4H2,(H,14,15). The van der Waals surface area contributed by atoms with Crippen LogP contribution in [-0.2, 0) is 4.79 Å². The van der Waals surface area contributed by atoms with Crippen molar-refractivity contribution in [3.63, 3.8) is 0 Å². The number of carbonyl (C=O) groups excluding carboxylic acids is 1. The van der Waals surface area contributed by atoms with E-state index in [-0.39, 0.29) is 11.6 Å². The molecule has 15 heavy (non-hydrogen) atoms. The quantitative estimate of drug-likeness (QED) is 0.805. The van der Waals surface area contributed by atoms with Gasteiger partial charge in [-0.2, -0.15) is 0 Å². The molecule has 1 aromatic rings. The lowest BCUT2D eigenvalue weighted by Crippen LogP contribution is -2.12. The van der Waals surface area contributed by atoms with Crippen molar-refractivity contribution < 1.29 is 18.0 Å². The Morgan fingerprint density at radius 2 is 2.13 bits per heavy atom. The second-order valence-corrected chi connectivity index (χ2v) is 2.99. The van der Waals surface area contributed by atoms with Crippen LogP contribution in [0.3, 0.4) is 0 Å². The SMILES string of the molecule is O=C(CCl)Nc1ccc(C(F)F)c(F)c1. The smallest absolute Gasteiger partial charge is 0.266 e. The van der Waals surface area contributed by atoms with E-state index in [1.54, 1.807) is 0 Å². The summed E-state index contributed by atoms with van der Waals surface area (Å²) < 4.78 is 37.3. The molecule has 0 aromatic heterocycles. The van der Waals surface area contributed by atoms with Gasteiger partial charge in [0.15, 0.2) is 0 Å². The number of halogens is 4. The Morgan fingerprint density at radius 1 is 1.47 bits per heavy atom. The Labute approximate surface area is 89.0 Å². The summed E-state index contributed by atoms with van der Waals surface area (Å²) in [6, 6.07) is 2.94. The molecular formula is C9H7ClF3NO. The highest BCUT2D eigenvalue weighted by Gasteiger charge is 2.13. The van der Waals surface area contributed by atoms with Crippen LogP contribution in [0.2, 0.25) is 0 Å². The fourth-order valence-electron chi connectivity index (χ4n) is 0.976. The van der Waals surface area contributed by atoms with Crippen molar-refractivity contribution in [3.05, 3.63) is 29.6 Å². The summed E-state index contributed by atoms with van der Waals surface area (Å²) >= 11 is 5.20. The van der Waals surface area contributed by atoms with Crippen LogP contribution >= 0.6 is 11.6 Å². The zero-order valence-corrected chi connectivity index (χ0v) is 8.19. The third-order valence-corrected chi connectivity index (χ3v) is 1.88. The highest BCUT2D eigenvalue weighted by molar-refractivity contribution is 6.29. The number of carbonyl (C=O) groups is 1. The summed E-state index contributed by atoms with van der Waals surface area (Å²) in [7, 11) is 0. The van der Waals surface area contributed by atoms with Crippen LogP contribution in [0.4, 0.5) is 18.9 Å². The molecule has 0 saturated carbocycles. The van der Waals surface area contributed by atoms with Crippen LogP contribution in [0, 0.1) is 5.82 Å². The van der Waals surface area contributed by atoms with Gasteiger partial charge in [-0.15, -0.1) is 11.6 Å². The first-order chi connectivity index (χ1) is 7.04. The van der Waals surface area contributed by atoms with Crippen LogP contribution in [0.25, 0.3) is 0 Å². The summed E-state index contributed by atoms with van der Waals surface area (Å²) in [5, 5.41) is 2.24. The Hall–Kier alpha value is -1.23. The van der Waals surface area contributed by atoms with E-state index in [0.717, 1.165) is 12.1 Å². The Bertz CT molecular complexity index is 370. The first-order valence-corrected chi connectivity index (χ1v) is 4.51. The number of rotatable bonds is 3. The minimum absolute atomic E-state index is 0.0996. The van der Waals surface area contributed by atoms with Crippen molar-refractivity contribution >= 4 is 23.2 Å². The number of hydrogen-bond donors (Lipinski definition) is 1. The Kier molecular flexibility index (Phi) is 3.96. The molecule has 0 bridgehead atoms. The fraction of sp³-hybridized carbons (Fsp3) is 0.222. The number of nitrogens with one attached hydrogen (secondary N) is 1. The molecule has 0 aliphatic heterocycles. The van der Waals surface area contributed by atoms with E-state index in [1.807, 2.05) is 0 Å². The highest BCUT2D eigenvalue weighted by Crippen LogP contribution is 2.24. The average Bonchev–Trinajstić information content (AvgIpc) is 2.17. The molecule has 0 saturated heterocycles. The average molecular weight is 238 g/mol. The van der Waals surface area contributed by atoms with Crippen LogP contribution in [0.1, 0.15) is 12.0 Å². The molecule has 0 fully saturated rings. The van der Waals surface area contributed by atoms with Crippen LogP contribution in [0.5, 0.6) is 0 Å². The maximum Gasteiger partial charge on any atom is 0.266 e. The largest absolute Gasteiger partial charge is 0.325 e. The fourth-order valence-corrected chi connectivity index (χ4v) is 1.04. The topological polar surface area (TPSA) is 29.1 Å². The molecule has 82 valence electrons. The summed E-state index contributed by atoms with van der Waals surface area (Å²) in [6.45, 7) is 0. The van der Waals surface area contributed by atoms with Crippen molar-refractivity contribution in [1.82, 2.24) is 0 Å². The third kappa shape index (κ3) is 3.13. The van der Waals surface area contributed by atoms with Gasteiger partial charge in [-0.05, 0) is 18.2 Å². The van der Waals surface area contributed by atoms with E-state index in [4.69, 9.17) is 11.6 Å². The van der Waals surface area contributed by atoms with E-state index >= 15 is 0 Å². The predicted molar refractivity (Wildman–Crippen MR) is 50.7 cm³/mol. The number of alkyl halides is 3. The van der Waals surface area contributed by atoms with Gasteiger partial charge in [-0.3, -0.25) is 4.79 Å². The molecule has 6 heteroatoms. The number of benzene rings is 1. The lowest BCUT2D eigenvalue weighted by molar-refractivity contribution is -0.113. The van der Waals surface area contributed by atoms with Crippen molar-refractivity contribution in [2.24, 2.45) is 0 Å². The van der Waals surface area contributed by atoms with Gasteiger partial charge in [0.1, 0.15) is 11.7 Å². The molecule has 0 aliphatic rings. The molecule has 0 spiro atoms. The maximum atomic E-state index is 13.0. The first-order valence-electron chi connectivity index (χ1n) is 3.98. The highest BCUT2D eigenvalue weighted by atomic mass is 35.5. The van der Waals surface area contributed by atoms with Crippen molar-refractivity contribution in [2.45, 2.75) is 6.43 Å². The Balaban J connectivity index is 2.87. The van der Waals surface area contributed by atoms with Gasteiger partial charge in [0.2, 0.25) is 5.91 Å². The van der Waals surface area contributed by atoms with Crippen molar-refractivity contribution in [2.75, 3.05) is 11.2 Å². The maximum absolute atomic E-state index is 13.0. The molecule has 0 radical (unpaired) electrons. The molecular weight excluding hydrogens is 231 g/mol. The lowest BCUT2D eigenvalue weighted by Gasteiger charge is -2.06. The van der Waals surface area contributed by atoms with Gasteiger partial charge in [-0.25, -0.2) is 13.2 Å². The second-order valence-electron chi connectivity index (χ2n) is 2.72. The van der Waals surface area contributed by atoms with E-state index in [2.05, 4.69) is 5.32 Å². The molecule has 0 unspecified atom stereocenters. The Morgan fingerprint density at radius 3 is 2.60 bits per heavy atom. The van der Waals surface area contributed by atoms with E-state index in [1.165, 1.54) is 6.07 Å². The van der Waals surface area contributed by atoms with Gasteiger partial charge in [0, 0.05) is 5.69 Å². The lowest BCUT2D eigenvalue weighted by atomic mass is 10.2. The van der Waals surface area contributed by atoms with E-state index in [9.17, 15) is 18.0 Å². The number of hydrogen-bond acceptors (Lipinski definition) is 1. The monoisotopic (exact) mass is 237 g/mol. The van der Waals surface area contributed by atoms with Crippen LogP contribution in [0.15, 0.2) is 18.2 Å². The van der Waals surface area contributed by atoms with E-state index < -0.39 is 23.7 Å². The second kappa shape index (κ2) is 5.02. The zero-order valence-electron chi connectivity index (χ0n) is 7.44. The predicted octanol–water partition coefficient (Wildman–Crippen LogP) is 2.94. The van der Waals surface area contributed by atoms with Gasteiger partial charge < -0.3 is 5.32 Å². The van der Waals surface area contributed by atoms with Gasteiger partial charge in [0.25, 0.3) is 6.43 Å². The minimum Gasteiger partial charge on any atom is -0.325 e. The van der Waals surface area contributed by atoms with Crippen molar-refractivity contribution in [1.29, 1.82) is 0 Å².